The molecular formula is C17H14O2. The molecule has 0 spiro atoms. The lowest BCUT2D eigenvalue weighted by Gasteiger charge is -2.15. The molecule has 0 radical (unpaired) electrons. The highest BCUT2D eigenvalue weighted by Crippen LogP contribution is 2.30. The molecule has 1 unspecified atom stereocenters. The van der Waals surface area contributed by atoms with Crippen LogP contribution in [0.4, 0.5) is 0 Å². The Kier molecular flexibility index (Phi) is 4.40. The molecule has 1 atom stereocenters. The van der Waals surface area contributed by atoms with E-state index >= 15 is 0 Å². The van der Waals surface area contributed by atoms with Gasteiger partial charge in [0.1, 0.15) is 12.6 Å². The first-order chi connectivity index (χ1) is 9.36. The van der Waals surface area contributed by atoms with Crippen molar-refractivity contribution in [2.75, 3.05) is 0 Å². The lowest BCUT2D eigenvalue weighted by atomic mass is 9.87. The van der Waals surface area contributed by atoms with Crippen LogP contribution in [0.1, 0.15) is 17.0 Å². The maximum absolute atomic E-state index is 11.4. The highest BCUT2D eigenvalue weighted by Gasteiger charge is 2.16. The first-order valence-corrected chi connectivity index (χ1v) is 6.08. The summed E-state index contributed by atoms with van der Waals surface area (Å²) in [6.45, 7) is 0. The van der Waals surface area contributed by atoms with Crippen LogP contribution < -0.4 is 0 Å². The summed E-state index contributed by atoms with van der Waals surface area (Å²) < 4.78 is 0. The zero-order valence-corrected chi connectivity index (χ0v) is 10.4. The summed E-state index contributed by atoms with van der Waals surface area (Å²) in [5, 5.41) is 0. The zero-order chi connectivity index (χ0) is 13.5. The van der Waals surface area contributed by atoms with Gasteiger partial charge in [0.2, 0.25) is 0 Å². The van der Waals surface area contributed by atoms with Crippen LogP contribution in [0.3, 0.4) is 0 Å². The van der Waals surface area contributed by atoms with Crippen LogP contribution >= 0.6 is 0 Å². The SMILES string of the molecule is O=CC=C(c1ccccc1)C(C=O)c1ccccc1. The first kappa shape index (κ1) is 13.0. The van der Waals surface area contributed by atoms with Gasteiger partial charge < -0.3 is 4.79 Å². The molecule has 0 saturated heterocycles. The summed E-state index contributed by atoms with van der Waals surface area (Å²) in [6, 6.07) is 18.9. The van der Waals surface area contributed by atoms with E-state index in [9.17, 15) is 9.59 Å². The van der Waals surface area contributed by atoms with Gasteiger partial charge in [-0.3, -0.25) is 4.79 Å². The van der Waals surface area contributed by atoms with Crippen LogP contribution in [0.25, 0.3) is 5.57 Å². The van der Waals surface area contributed by atoms with Gasteiger partial charge in [-0.1, -0.05) is 60.7 Å². The smallest absolute Gasteiger partial charge is 0.143 e. The van der Waals surface area contributed by atoms with Gasteiger partial charge in [0.25, 0.3) is 0 Å². The van der Waals surface area contributed by atoms with Crippen molar-refractivity contribution in [3.05, 3.63) is 77.9 Å². The van der Waals surface area contributed by atoms with Crippen LogP contribution in [0.2, 0.25) is 0 Å². The Bertz CT molecular complexity index is 571. The summed E-state index contributed by atoms with van der Waals surface area (Å²) in [4.78, 5) is 22.3. The van der Waals surface area contributed by atoms with Gasteiger partial charge >= 0.3 is 0 Å². The van der Waals surface area contributed by atoms with Crippen molar-refractivity contribution in [1.29, 1.82) is 0 Å². The van der Waals surface area contributed by atoms with Gasteiger partial charge in [-0.05, 0) is 22.8 Å². The molecule has 0 saturated carbocycles. The summed E-state index contributed by atoms with van der Waals surface area (Å²) in [6.07, 6.45) is 3.06. The number of hydrogen-bond donors (Lipinski definition) is 0. The molecule has 0 fully saturated rings. The first-order valence-electron chi connectivity index (χ1n) is 6.08. The zero-order valence-electron chi connectivity index (χ0n) is 10.4. The predicted octanol–water partition coefficient (Wildman–Crippen LogP) is 3.25. The third kappa shape index (κ3) is 3.05. The average Bonchev–Trinajstić information content (AvgIpc) is 2.49. The second kappa shape index (κ2) is 6.45. The topological polar surface area (TPSA) is 34.1 Å². The van der Waals surface area contributed by atoms with E-state index in [0.717, 1.165) is 29.3 Å². The molecule has 2 heteroatoms. The second-order valence-electron chi connectivity index (χ2n) is 4.15. The number of hydrogen-bond acceptors (Lipinski definition) is 2. The van der Waals surface area contributed by atoms with E-state index in [2.05, 4.69) is 0 Å². The largest absolute Gasteiger partial charge is 0.302 e. The van der Waals surface area contributed by atoms with Crippen LogP contribution in [0, 0.1) is 0 Å². The van der Waals surface area contributed by atoms with E-state index in [-0.39, 0.29) is 0 Å². The van der Waals surface area contributed by atoms with Crippen molar-refractivity contribution in [2.24, 2.45) is 0 Å². The van der Waals surface area contributed by atoms with Crippen LogP contribution in [0.15, 0.2) is 66.7 Å². The monoisotopic (exact) mass is 250 g/mol. The average molecular weight is 250 g/mol. The van der Waals surface area contributed by atoms with Crippen LogP contribution in [-0.2, 0) is 9.59 Å². The van der Waals surface area contributed by atoms with Gasteiger partial charge in [0.15, 0.2) is 0 Å². The lowest BCUT2D eigenvalue weighted by molar-refractivity contribution is -0.108. The number of carbonyl (C=O) groups excluding carboxylic acids is 2. The number of aldehydes is 2. The minimum Gasteiger partial charge on any atom is -0.302 e. The molecule has 0 aliphatic rings. The molecule has 0 heterocycles. The van der Waals surface area contributed by atoms with Gasteiger partial charge in [0, 0.05) is 0 Å². The summed E-state index contributed by atoms with van der Waals surface area (Å²) in [5.74, 6) is -0.422. The van der Waals surface area contributed by atoms with Gasteiger partial charge in [-0.15, -0.1) is 0 Å². The Labute approximate surface area is 112 Å². The standard InChI is InChI=1S/C17H14O2/c18-12-11-16(14-7-3-1-4-8-14)17(13-19)15-9-5-2-6-10-15/h1-13,17H. The molecular weight excluding hydrogens is 236 g/mol. The lowest BCUT2D eigenvalue weighted by Crippen LogP contribution is -2.04. The van der Waals surface area contributed by atoms with Crippen molar-refractivity contribution in [1.82, 2.24) is 0 Å². The van der Waals surface area contributed by atoms with Gasteiger partial charge in [-0.2, -0.15) is 0 Å². The maximum Gasteiger partial charge on any atom is 0.143 e. The van der Waals surface area contributed by atoms with E-state index in [1.807, 2.05) is 60.7 Å². The number of rotatable bonds is 5. The molecule has 19 heavy (non-hydrogen) atoms. The van der Waals surface area contributed by atoms with E-state index in [0.29, 0.717) is 0 Å². The Morgan fingerprint density at radius 1 is 0.842 bits per heavy atom. The summed E-state index contributed by atoms with van der Waals surface area (Å²) in [7, 11) is 0. The summed E-state index contributed by atoms with van der Waals surface area (Å²) >= 11 is 0. The van der Waals surface area contributed by atoms with E-state index in [4.69, 9.17) is 0 Å². The highest BCUT2D eigenvalue weighted by molar-refractivity contribution is 5.92. The molecule has 2 aromatic carbocycles. The Hall–Kier alpha value is -2.48. The van der Waals surface area contributed by atoms with Crippen molar-refractivity contribution in [3.8, 4) is 0 Å². The third-order valence-electron chi connectivity index (χ3n) is 2.98. The maximum atomic E-state index is 11.4. The van der Waals surface area contributed by atoms with Crippen molar-refractivity contribution < 1.29 is 9.59 Å². The quantitative estimate of drug-likeness (QED) is 0.603. The number of benzene rings is 2. The van der Waals surface area contributed by atoms with E-state index in [1.54, 1.807) is 0 Å². The highest BCUT2D eigenvalue weighted by atomic mass is 16.1. The van der Waals surface area contributed by atoms with E-state index in [1.165, 1.54) is 6.08 Å². The fraction of sp³-hybridized carbons (Fsp3) is 0.0588. The minimum absolute atomic E-state index is 0.422. The molecule has 0 aliphatic heterocycles. The number of allylic oxidation sites excluding steroid dienone is 2. The van der Waals surface area contributed by atoms with Gasteiger partial charge in [-0.25, -0.2) is 0 Å². The Morgan fingerprint density at radius 3 is 1.95 bits per heavy atom. The molecule has 0 bridgehead atoms. The molecule has 94 valence electrons. The molecule has 2 rings (SSSR count). The van der Waals surface area contributed by atoms with Crippen molar-refractivity contribution >= 4 is 18.1 Å². The Balaban J connectivity index is 2.47. The normalized spacial score (nSPS) is 12.7. The molecule has 0 aromatic heterocycles. The number of carbonyl (C=O) groups is 2. The van der Waals surface area contributed by atoms with E-state index < -0.39 is 5.92 Å². The minimum atomic E-state index is -0.422. The van der Waals surface area contributed by atoms with Crippen LogP contribution in [0.5, 0.6) is 0 Å². The van der Waals surface area contributed by atoms with Crippen molar-refractivity contribution in [2.45, 2.75) is 5.92 Å². The summed E-state index contributed by atoms with van der Waals surface area (Å²) in [5.41, 5.74) is 2.49. The Morgan fingerprint density at radius 2 is 1.42 bits per heavy atom. The van der Waals surface area contributed by atoms with Gasteiger partial charge in [0.05, 0.1) is 5.92 Å². The molecule has 2 aromatic rings. The fourth-order valence-corrected chi connectivity index (χ4v) is 2.08. The predicted molar refractivity (Wildman–Crippen MR) is 75.7 cm³/mol. The molecule has 0 amide bonds. The molecule has 0 N–H and O–H groups in total. The third-order valence-corrected chi connectivity index (χ3v) is 2.98. The van der Waals surface area contributed by atoms with Crippen LogP contribution in [-0.4, -0.2) is 12.6 Å². The molecule has 0 aliphatic carbocycles. The fourth-order valence-electron chi connectivity index (χ4n) is 2.08. The molecule has 2 nitrogen and oxygen atoms in total. The van der Waals surface area contributed by atoms with Crippen molar-refractivity contribution in [3.63, 3.8) is 0 Å². The second-order valence-corrected chi connectivity index (χ2v) is 4.15.